The van der Waals surface area contributed by atoms with Crippen LogP contribution in [0.25, 0.3) is 0 Å². The molecule has 0 aliphatic carbocycles. The van der Waals surface area contributed by atoms with E-state index < -0.39 is 0 Å². The number of piperazine rings is 1. The highest BCUT2D eigenvalue weighted by Crippen LogP contribution is 1.99. The van der Waals surface area contributed by atoms with Crippen LogP contribution in [0, 0.1) is 0 Å². The van der Waals surface area contributed by atoms with Gasteiger partial charge in [-0.15, -0.1) is 0 Å². The summed E-state index contributed by atoms with van der Waals surface area (Å²) < 4.78 is 0. The van der Waals surface area contributed by atoms with Gasteiger partial charge in [-0.3, -0.25) is 0 Å². The second kappa shape index (κ2) is 3.55. The van der Waals surface area contributed by atoms with Crippen molar-refractivity contribution in [1.82, 2.24) is 21.0 Å². The van der Waals surface area contributed by atoms with E-state index in [1.54, 1.807) is 6.21 Å². The summed E-state index contributed by atoms with van der Waals surface area (Å²) >= 11 is 0. The van der Waals surface area contributed by atoms with Gasteiger partial charge in [0.1, 0.15) is 0 Å². The maximum absolute atomic E-state index is 3.94. The lowest BCUT2D eigenvalue weighted by Gasteiger charge is -2.36. The van der Waals surface area contributed by atoms with Crippen molar-refractivity contribution in [1.29, 1.82) is 0 Å². The number of hydrogen-bond donors (Lipinski definition) is 2. The van der Waals surface area contributed by atoms with Crippen LogP contribution in [0.3, 0.4) is 0 Å². The first-order valence-electron chi connectivity index (χ1n) is 4.17. The molecule has 66 valence electrons. The lowest BCUT2D eigenvalue weighted by molar-refractivity contribution is -0.0330. The standard InChI is InChI=1S/C7H13N5/c1-2-9-10-12(5-1)11-6-3-8-4-7-11/h1-2,5,8,10H,3-4,6-7H2. The first kappa shape index (κ1) is 7.57. The maximum Gasteiger partial charge on any atom is 0.0504 e. The predicted octanol–water partition coefficient (Wildman–Crippen LogP) is -0.874. The molecule has 2 aliphatic rings. The summed E-state index contributed by atoms with van der Waals surface area (Å²) in [5.74, 6) is 0. The second-order valence-electron chi connectivity index (χ2n) is 2.77. The van der Waals surface area contributed by atoms with Crippen LogP contribution in [0.2, 0.25) is 0 Å². The molecule has 2 rings (SSSR count). The number of rotatable bonds is 1. The molecule has 2 N–H and O–H groups in total. The molecule has 1 fully saturated rings. The molecule has 0 aromatic carbocycles. The van der Waals surface area contributed by atoms with Crippen molar-refractivity contribution in [3.63, 3.8) is 0 Å². The van der Waals surface area contributed by atoms with Crippen LogP contribution in [0.15, 0.2) is 17.4 Å². The van der Waals surface area contributed by atoms with E-state index in [4.69, 9.17) is 0 Å². The third kappa shape index (κ3) is 1.57. The van der Waals surface area contributed by atoms with E-state index >= 15 is 0 Å². The largest absolute Gasteiger partial charge is 0.314 e. The van der Waals surface area contributed by atoms with Gasteiger partial charge in [0, 0.05) is 32.4 Å². The average molecular weight is 167 g/mol. The van der Waals surface area contributed by atoms with Gasteiger partial charge in [-0.1, -0.05) is 0 Å². The fourth-order valence-corrected chi connectivity index (χ4v) is 1.31. The molecule has 5 nitrogen and oxygen atoms in total. The van der Waals surface area contributed by atoms with Crippen molar-refractivity contribution >= 4 is 6.21 Å². The molecular weight excluding hydrogens is 154 g/mol. The summed E-state index contributed by atoms with van der Waals surface area (Å²) in [5.41, 5.74) is 2.90. The summed E-state index contributed by atoms with van der Waals surface area (Å²) in [7, 11) is 0. The highest BCUT2D eigenvalue weighted by atomic mass is 15.9. The van der Waals surface area contributed by atoms with Crippen LogP contribution in [-0.4, -0.2) is 42.5 Å². The molecule has 0 aromatic heterocycles. The average Bonchev–Trinajstić information content (AvgIpc) is 2.21. The Morgan fingerprint density at radius 2 is 2.08 bits per heavy atom. The Hall–Kier alpha value is -1.07. The molecule has 0 radical (unpaired) electrons. The summed E-state index contributed by atoms with van der Waals surface area (Å²) in [6, 6.07) is 0. The number of hydrogen-bond acceptors (Lipinski definition) is 5. The van der Waals surface area contributed by atoms with E-state index in [9.17, 15) is 0 Å². The monoisotopic (exact) mass is 167 g/mol. The molecule has 12 heavy (non-hydrogen) atoms. The summed E-state index contributed by atoms with van der Waals surface area (Å²) in [6.07, 6.45) is 5.62. The molecule has 0 unspecified atom stereocenters. The summed E-state index contributed by atoms with van der Waals surface area (Å²) in [6.45, 7) is 4.12. The predicted molar refractivity (Wildman–Crippen MR) is 47.0 cm³/mol. The first-order chi connectivity index (χ1) is 5.97. The van der Waals surface area contributed by atoms with Gasteiger partial charge in [0.25, 0.3) is 0 Å². The third-order valence-electron chi connectivity index (χ3n) is 1.95. The molecule has 0 spiro atoms. The topological polar surface area (TPSA) is 42.9 Å². The van der Waals surface area contributed by atoms with E-state index in [-0.39, 0.29) is 0 Å². The highest BCUT2D eigenvalue weighted by molar-refractivity contribution is 5.70. The van der Waals surface area contributed by atoms with Gasteiger partial charge in [0.05, 0.1) is 6.21 Å². The zero-order chi connectivity index (χ0) is 8.23. The van der Waals surface area contributed by atoms with E-state index in [0.717, 1.165) is 26.2 Å². The normalized spacial score (nSPS) is 24.2. The van der Waals surface area contributed by atoms with Gasteiger partial charge in [0.15, 0.2) is 0 Å². The van der Waals surface area contributed by atoms with Gasteiger partial charge >= 0.3 is 0 Å². The minimum Gasteiger partial charge on any atom is -0.314 e. The quantitative estimate of drug-likeness (QED) is 0.532. The Kier molecular flexibility index (Phi) is 2.24. The van der Waals surface area contributed by atoms with Gasteiger partial charge in [-0.25, -0.2) is 10.7 Å². The summed E-state index contributed by atoms with van der Waals surface area (Å²) in [4.78, 5) is 0. The molecule has 0 saturated carbocycles. The molecule has 0 amide bonds. The Bertz CT molecular complexity index is 194. The lowest BCUT2D eigenvalue weighted by Crippen LogP contribution is -2.54. The minimum absolute atomic E-state index is 1.02. The Morgan fingerprint density at radius 1 is 1.25 bits per heavy atom. The SMILES string of the molecule is C1=CN(N2CCNCC2)NN=C1. The van der Waals surface area contributed by atoms with Crippen molar-refractivity contribution in [3.05, 3.63) is 12.3 Å². The third-order valence-corrected chi connectivity index (χ3v) is 1.95. The van der Waals surface area contributed by atoms with Crippen molar-refractivity contribution in [2.24, 2.45) is 5.10 Å². The minimum atomic E-state index is 1.02. The highest BCUT2D eigenvalue weighted by Gasteiger charge is 2.14. The first-order valence-corrected chi connectivity index (χ1v) is 4.17. The van der Waals surface area contributed by atoms with Crippen molar-refractivity contribution < 1.29 is 0 Å². The number of nitrogens with zero attached hydrogens (tertiary/aromatic N) is 3. The van der Waals surface area contributed by atoms with Gasteiger partial charge in [-0.05, 0) is 6.08 Å². The molecule has 0 atom stereocenters. The van der Waals surface area contributed by atoms with Crippen LogP contribution in [0.4, 0.5) is 0 Å². The van der Waals surface area contributed by atoms with Crippen LogP contribution >= 0.6 is 0 Å². The van der Waals surface area contributed by atoms with E-state index in [2.05, 4.69) is 21.0 Å². The molecule has 1 saturated heterocycles. The van der Waals surface area contributed by atoms with Crippen LogP contribution in [-0.2, 0) is 0 Å². The molecule has 2 aliphatic heterocycles. The zero-order valence-corrected chi connectivity index (χ0v) is 6.90. The van der Waals surface area contributed by atoms with Crippen molar-refractivity contribution in [2.45, 2.75) is 0 Å². The summed E-state index contributed by atoms with van der Waals surface area (Å²) in [5, 5.41) is 11.4. The van der Waals surface area contributed by atoms with Crippen LogP contribution < -0.4 is 10.9 Å². The zero-order valence-electron chi connectivity index (χ0n) is 6.90. The number of hydrazone groups is 1. The number of hydrazine groups is 2. The van der Waals surface area contributed by atoms with E-state index in [0.29, 0.717) is 0 Å². The number of allylic oxidation sites excluding steroid dienone is 1. The second-order valence-corrected chi connectivity index (χ2v) is 2.77. The fourth-order valence-electron chi connectivity index (χ4n) is 1.31. The molecule has 2 heterocycles. The van der Waals surface area contributed by atoms with E-state index in [1.165, 1.54) is 0 Å². The Balaban J connectivity index is 1.90. The van der Waals surface area contributed by atoms with Crippen LogP contribution in [0.5, 0.6) is 0 Å². The van der Waals surface area contributed by atoms with Crippen molar-refractivity contribution in [3.8, 4) is 0 Å². The lowest BCUT2D eigenvalue weighted by atomic mass is 10.4. The Labute approximate surface area is 71.7 Å². The smallest absolute Gasteiger partial charge is 0.0504 e. The van der Waals surface area contributed by atoms with Gasteiger partial charge < -0.3 is 5.32 Å². The maximum atomic E-state index is 3.94. The van der Waals surface area contributed by atoms with Crippen LogP contribution in [0.1, 0.15) is 0 Å². The van der Waals surface area contributed by atoms with Gasteiger partial charge in [-0.2, -0.15) is 10.1 Å². The van der Waals surface area contributed by atoms with Crippen molar-refractivity contribution in [2.75, 3.05) is 26.2 Å². The Morgan fingerprint density at radius 3 is 2.75 bits per heavy atom. The fraction of sp³-hybridized carbons (Fsp3) is 0.571. The number of nitrogens with one attached hydrogen (secondary N) is 2. The van der Waals surface area contributed by atoms with E-state index in [1.807, 2.05) is 17.4 Å². The molecule has 0 aromatic rings. The van der Waals surface area contributed by atoms with Gasteiger partial charge in [0.2, 0.25) is 0 Å². The molecule has 0 bridgehead atoms. The molecular formula is C7H13N5. The molecule has 5 heteroatoms.